The maximum Gasteiger partial charge on any atom is 0.303 e. The van der Waals surface area contributed by atoms with Gasteiger partial charge >= 0.3 is 11.9 Å². The number of allylic oxidation sites excluding steroid dienone is 6. The van der Waals surface area contributed by atoms with E-state index >= 15 is 0 Å². The third-order valence-electron chi connectivity index (χ3n) is 7.99. The molecule has 0 fully saturated rings. The molecule has 258 valence electrons. The molecule has 0 amide bonds. The molecule has 44 heavy (non-hydrogen) atoms. The summed E-state index contributed by atoms with van der Waals surface area (Å²) in [6.07, 6.45) is 49.4. The van der Waals surface area contributed by atoms with Gasteiger partial charge in [0.1, 0.15) is 0 Å². The minimum absolute atomic E-state index is 0.324. The third kappa shape index (κ3) is 47.1. The van der Waals surface area contributed by atoms with E-state index in [9.17, 15) is 9.59 Å². The highest BCUT2D eigenvalue weighted by Crippen LogP contribution is 2.12. The molecule has 0 saturated heterocycles. The maximum absolute atomic E-state index is 10.4. The van der Waals surface area contributed by atoms with E-state index in [1.807, 2.05) is 0 Å². The largest absolute Gasteiger partial charge is 0.481 e. The lowest BCUT2D eigenvalue weighted by atomic mass is 10.1. The summed E-state index contributed by atoms with van der Waals surface area (Å²) in [7, 11) is 0. The predicted molar refractivity (Wildman–Crippen MR) is 193 cm³/mol. The van der Waals surface area contributed by atoms with Gasteiger partial charge in [-0.25, -0.2) is 0 Å². The Labute approximate surface area is 274 Å². The number of unbranched alkanes of at least 4 members (excludes halogenated alkanes) is 23. The van der Waals surface area contributed by atoms with E-state index in [4.69, 9.17) is 10.2 Å². The van der Waals surface area contributed by atoms with Crippen LogP contribution in [-0.2, 0) is 9.59 Å². The lowest BCUT2D eigenvalue weighted by molar-refractivity contribution is -0.138. The topological polar surface area (TPSA) is 74.6 Å². The number of carboxylic acid groups (broad SMARTS) is 2. The maximum atomic E-state index is 10.4. The molecule has 0 aromatic carbocycles. The number of rotatable bonds is 33. The zero-order valence-corrected chi connectivity index (χ0v) is 29.4. The molecule has 0 heterocycles. The lowest BCUT2D eigenvalue weighted by Crippen LogP contribution is -1.93. The van der Waals surface area contributed by atoms with E-state index < -0.39 is 11.9 Å². The Morgan fingerprint density at radius 3 is 0.955 bits per heavy atom. The summed E-state index contributed by atoms with van der Waals surface area (Å²) in [5, 5.41) is 17.1. The van der Waals surface area contributed by atoms with Crippen molar-refractivity contribution in [3.63, 3.8) is 0 Å². The van der Waals surface area contributed by atoms with E-state index in [0.29, 0.717) is 12.8 Å². The predicted octanol–water partition coefficient (Wildman–Crippen LogP) is 13.6. The molecule has 0 bridgehead atoms. The molecule has 2 N–H and O–H groups in total. The number of carboxylic acids is 2. The van der Waals surface area contributed by atoms with Crippen LogP contribution in [0.4, 0.5) is 0 Å². The van der Waals surface area contributed by atoms with Crippen LogP contribution in [0.2, 0.25) is 0 Å². The van der Waals surface area contributed by atoms with Crippen LogP contribution in [0.15, 0.2) is 36.5 Å². The molecular weight excluding hydrogens is 544 g/mol. The normalized spacial score (nSPS) is 11.5. The monoisotopic (exact) mass is 619 g/mol. The fourth-order valence-electron chi connectivity index (χ4n) is 5.14. The van der Waals surface area contributed by atoms with Crippen molar-refractivity contribution in [3.8, 4) is 0 Å². The Balaban J connectivity index is 0. The minimum atomic E-state index is -0.671. The van der Waals surface area contributed by atoms with Crippen molar-refractivity contribution in [2.45, 2.75) is 206 Å². The molecule has 0 atom stereocenters. The molecule has 0 saturated carbocycles. The summed E-state index contributed by atoms with van der Waals surface area (Å²) < 4.78 is 0. The second kappa shape index (κ2) is 41.2. The average molecular weight is 619 g/mol. The van der Waals surface area contributed by atoms with Crippen LogP contribution in [0.1, 0.15) is 206 Å². The molecule has 4 heteroatoms. The van der Waals surface area contributed by atoms with E-state index in [2.05, 4.69) is 50.3 Å². The van der Waals surface area contributed by atoms with Gasteiger partial charge in [0, 0.05) is 12.8 Å². The first kappa shape index (κ1) is 44.3. The second-order valence-corrected chi connectivity index (χ2v) is 12.5. The van der Waals surface area contributed by atoms with Gasteiger partial charge in [0.25, 0.3) is 0 Å². The highest BCUT2D eigenvalue weighted by Gasteiger charge is 1.97. The van der Waals surface area contributed by atoms with Gasteiger partial charge in [-0.3, -0.25) is 9.59 Å². The first-order valence-electron chi connectivity index (χ1n) is 18.9. The van der Waals surface area contributed by atoms with Crippen molar-refractivity contribution >= 4 is 11.9 Å². The van der Waals surface area contributed by atoms with Gasteiger partial charge in [-0.1, -0.05) is 159 Å². The van der Waals surface area contributed by atoms with Crippen LogP contribution in [0.5, 0.6) is 0 Å². The SMILES string of the molecule is CCCCC/C=C\C/C=C\CCCCCCCC(=O)O.CCCCCCCC/C=C\CCCCCCCCCCCC(=O)O. The van der Waals surface area contributed by atoms with Gasteiger partial charge in [-0.2, -0.15) is 0 Å². The minimum Gasteiger partial charge on any atom is -0.481 e. The number of aliphatic carboxylic acids is 2. The van der Waals surface area contributed by atoms with Crippen LogP contribution in [0.3, 0.4) is 0 Å². The molecule has 0 spiro atoms. The molecule has 0 aromatic heterocycles. The molecule has 0 rings (SSSR count). The van der Waals surface area contributed by atoms with E-state index in [1.165, 1.54) is 141 Å². The smallest absolute Gasteiger partial charge is 0.303 e. The summed E-state index contributed by atoms with van der Waals surface area (Å²) in [6, 6.07) is 0. The molecule has 0 aromatic rings. The Morgan fingerprint density at radius 1 is 0.364 bits per heavy atom. The van der Waals surface area contributed by atoms with E-state index in [-0.39, 0.29) is 0 Å². The summed E-state index contributed by atoms with van der Waals surface area (Å²) in [4.78, 5) is 20.7. The summed E-state index contributed by atoms with van der Waals surface area (Å²) in [5.41, 5.74) is 0. The fourth-order valence-corrected chi connectivity index (χ4v) is 5.14. The first-order chi connectivity index (χ1) is 21.5. The van der Waals surface area contributed by atoms with Crippen molar-refractivity contribution < 1.29 is 19.8 Å². The van der Waals surface area contributed by atoms with Gasteiger partial charge in [0.05, 0.1) is 0 Å². The van der Waals surface area contributed by atoms with Crippen LogP contribution in [0, 0.1) is 0 Å². The van der Waals surface area contributed by atoms with Gasteiger partial charge in [0.2, 0.25) is 0 Å². The fraction of sp³-hybridized carbons (Fsp3) is 0.800. The highest BCUT2D eigenvalue weighted by molar-refractivity contribution is 5.66. The summed E-state index contributed by atoms with van der Waals surface area (Å²) in [6.45, 7) is 4.51. The number of hydrogen-bond acceptors (Lipinski definition) is 2. The van der Waals surface area contributed by atoms with Gasteiger partial charge < -0.3 is 10.2 Å². The standard InChI is InChI=1S/C22H42O2.C18H32O2/c1-2-3-4-5-6-7-8-9-10-11-12-13-14-15-16-17-18-19-20-21-22(23)24;1-2-3-4-5-6-7-8-9-10-11-12-13-14-15-16-17-18(19)20/h9-10H,2-8,11-21H2,1H3,(H,23,24);6-7,9-10H,2-5,8,11-17H2,1H3,(H,19,20)/b10-9-;7-6-,10-9-. The molecule has 0 radical (unpaired) electrons. The van der Waals surface area contributed by atoms with Crippen molar-refractivity contribution in [1.82, 2.24) is 0 Å². The lowest BCUT2D eigenvalue weighted by Gasteiger charge is -2.01. The number of carbonyl (C=O) groups is 2. The summed E-state index contributed by atoms with van der Waals surface area (Å²) >= 11 is 0. The Bertz CT molecular complexity index is 664. The summed E-state index contributed by atoms with van der Waals surface area (Å²) in [5.74, 6) is -1.33. The molecule has 0 aliphatic heterocycles. The van der Waals surface area contributed by atoms with Crippen LogP contribution in [-0.4, -0.2) is 22.2 Å². The Hall–Kier alpha value is -1.84. The van der Waals surface area contributed by atoms with Crippen molar-refractivity contribution in [2.75, 3.05) is 0 Å². The Morgan fingerprint density at radius 2 is 0.614 bits per heavy atom. The van der Waals surface area contributed by atoms with Gasteiger partial charge in [0.15, 0.2) is 0 Å². The second-order valence-electron chi connectivity index (χ2n) is 12.5. The quantitative estimate of drug-likeness (QED) is 0.0567. The molecule has 0 aliphatic carbocycles. The van der Waals surface area contributed by atoms with Crippen LogP contribution >= 0.6 is 0 Å². The van der Waals surface area contributed by atoms with Crippen molar-refractivity contribution in [3.05, 3.63) is 36.5 Å². The van der Waals surface area contributed by atoms with Gasteiger partial charge in [-0.05, 0) is 70.6 Å². The zero-order chi connectivity index (χ0) is 32.6. The average Bonchev–Trinajstić information content (AvgIpc) is 3.00. The third-order valence-corrected chi connectivity index (χ3v) is 7.99. The molecule has 0 aliphatic rings. The van der Waals surface area contributed by atoms with Gasteiger partial charge in [-0.15, -0.1) is 0 Å². The van der Waals surface area contributed by atoms with E-state index in [0.717, 1.165) is 38.5 Å². The van der Waals surface area contributed by atoms with E-state index in [1.54, 1.807) is 0 Å². The Kier molecular flexibility index (Phi) is 41.4. The number of hydrogen-bond donors (Lipinski definition) is 2. The molecular formula is C40H74O4. The highest BCUT2D eigenvalue weighted by atomic mass is 16.4. The molecule has 4 nitrogen and oxygen atoms in total. The first-order valence-corrected chi connectivity index (χ1v) is 18.9. The zero-order valence-electron chi connectivity index (χ0n) is 29.4. The van der Waals surface area contributed by atoms with Crippen molar-refractivity contribution in [1.29, 1.82) is 0 Å². The molecule has 0 unspecified atom stereocenters. The van der Waals surface area contributed by atoms with Crippen LogP contribution in [0.25, 0.3) is 0 Å². The van der Waals surface area contributed by atoms with Crippen LogP contribution < -0.4 is 0 Å². The van der Waals surface area contributed by atoms with Crippen molar-refractivity contribution in [2.24, 2.45) is 0 Å².